The lowest BCUT2D eigenvalue weighted by atomic mass is 9.81. The number of methoxy groups -OCH3 is 1. The van der Waals surface area contributed by atoms with E-state index in [-0.39, 0.29) is 0 Å². The molecular formula is C23H23N5O2S. The highest BCUT2D eigenvalue weighted by Crippen LogP contribution is 2.44. The topological polar surface area (TPSA) is 85.1 Å². The summed E-state index contributed by atoms with van der Waals surface area (Å²) in [6, 6.07) is 15.6. The van der Waals surface area contributed by atoms with E-state index in [1.807, 2.05) is 55.5 Å². The van der Waals surface area contributed by atoms with E-state index in [0.717, 1.165) is 45.5 Å². The molecule has 31 heavy (non-hydrogen) atoms. The number of rotatable bonds is 5. The molecule has 1 aliphatic rings. The molecule has 1 unspecified atom stereocenters. The quantitative estimate of drug-likeness (QED) is 0.487. The minimum absolute atomic E-state index is 0.674. The number of thiazole rings is 1. The van der Waals surface area contributed by atoms with Crippen LogP contribution >= 0.6 is 11.3 Å². The predicted molar refractivity (Wildman–Crippen MR) is 120 cm³/mol. The molecule has 4 aromatic rings. The van der Waals surface area contributed by atoms with Crippen LogP contribution in [0.4, 0.5) is 10.8 Å². The summed E-state index contributed by atoms with van der Waals surface area (Å²) < 4.78 is 7.27. The van der Waals surface area contributed by atoms with Crippen molar-refractivity contribution in [3.63, 3.8) is 0 Å². The molecule has 0 aliphatic heterocycles. The van der Waals surface area contributed by atoms with E-state index in [2.05, 4.69) is 15.4 Å². The molecule has 1 atom stereocenters. The number of nitrogens with zero attached hydrogens (tertiary/aromatic N) is 4. The van der Waals surface area contributed by atoms with E-state index in [9.17, 15) is 5.11 Å². The van der Waals surface area contributed by atoms with Gasteiger partial charge in [0.1, 0.15) is 29.2 Å². The maximum absolute atomic E-state index is 11.5. The van der Waals surface area contributed by atoms with Gasteiger partial charge in [-0.25, -0.2) is 14.6 Å². The van der Waals surface area contributed by atoms with Gasteiger partial charge in [-0.3, -0.25) is 0 Å². The average Bonchev–Trinajstić information content (AvgIpc) is 3.41. The Hall–Kier alpha value is -3.23. The van der Waals surface area contributed by atoms with Crippen molar-refractivity contribution in [3.05, 3.63) is 76.8 Å². The Morgan fingerprint density at radius 3 is 2.77 bits per heavy atom. The summed E-state index contributed by atoms with van der Waals surface area (Å²) >= 11 is 1.59. The molecule has 0 saturated heterocycles. The molecule has 0 saturated carbocycles. The highest BCUT2D eigenvalue weighted by atomic mass is 32.1. The summed E-state index contributed by atoms with van der Waals surface area (Å²) in [5.74, 6) is 1.38. The molecule has 0 fully saturated rings. The summed E-state index contributed by atoms with van der Waals surface area (Å²) in [4.78, 5) is 10.1. The Bertz CT molecular complexity index is 1220. The van der Waals surface area contributed by atoms with E-state index < -0.39 is 5.60 Å². The standard InChI is InChI=1S/C23H23N5O2S/c1-15-24-14-28(27-15)18-11-10-17(13-19(18)30-2)25-22-26-21-20(31-22)9-6-12-23(21,29)16-7-4-3-5-8-16/h3-5,7-8,10-11,13-14,29H,6,9,12H2,1-2H3,(H,25,26). The van der Waals surface area contributed by atoms with Crippen LogP contribution in [0.1, 0.15) is 34.8 Å². The van der Waals surface area contributed by atoms with Gasteiger partial charge < -0.3 is 15.2 Å². The maximum atomic E-state index is 11.5. The van der Waals surface area contributed by atoms with E-state index >= 15 is 0 Å². The summed E-state index contributed by atoms with van der Waals surface area (Å²) in [5.41, 5.74) is 2.27. The fraction of sp³-hybridized carbons (Fsp3) is 0.261. The largest absolute Gasteiger partial charge is 0.494 e. The van der Waals surface area contributed by atoms with Gasteiger partial charge in [0.25, 0.3) is 0 Å². The van der Waals surface area contributed by atoms with Crippen LogP contribution in [0, 0.1) is 6.92 Å². The zero-order valence-electron chi connectivity index (χ0n) is 17.4. The number of nitrogens with one attached hydrogen (secondary N) is 1. The normalized spacial score (nSPS) is 17.9. The second-order valence-electron chi connectivity index (χ2n) is 7.62. The first-order valence-corrected chi connectivity index (χ1v) is 11.0. The van der Waals surface area contributed by atoms with Crippen molar-refractivity contribution in [1.82, 2.24) is 19.7 Å². The summed E-state index contributed by atoms with van der Waals surface area (Å²) in [6.45, 7) is 1.85. The van der Waals surface area contributed by atoms with Crippen LogP contribution in [0.3, 0.4) is 0 Å². The maximum Gasteiger partial charge on any atom is 0.187 e. The highest BCUT2D eigenvalue weighted by Gasteiger charge is 2.39. The number of hydrogen-bond donors (Lipinski definition) is 2. The van der Waals surface area contributed by atoms with Crippen molar-refractivity contribution in [3.8, 4) is 11.4 Å². The average molecular weight is 434 g/mol. The van der Waals surface area contributed by atoms with Crippen LogP contribution in [0.5, 0.6) is 5.75 Å². The molecule has 2 aromatic carbocycles. The van der Waals surface area contributed by atoms with Crippen molar-refractivity contribution in [2.75, 3.05) is 12.4 Å². The smallest absolute Gasteiger partial charge is 0.187 e. The van der Waals surface area contributed by atoms with Crippen molar-refractivity contribution in [1.29, 1.82) is 0 Å². The first kappa shape index (κ1) is 19.7. The van der Waals surface area contributed by atoms with Crippen LogP contribution in [-0.2, 0) is 12.0 Å². The van der Waals surface area contributed by atoms with Gasteiger partial charge in [0.05, 0.1) is 12.8 Å². The molecule has 0 amide bonds. The molecule has 7 nitrogen and oxygen atoms in total. The molecule has 2 N–H and O–H groups in total. The SMILES string of the molecule is COc1cc(Nc2nc3c(s2)CCCC3(O)c2ccccc2)ccc1-n1cnc(C)n1. The number of hydrogen-bond acceptors (Lipinski definition) is 7. The predicted octanol–water partition coefficient (Wildman–Crippen LogP) is 4.36. The summed E-state index contributed by atoms with van der Waals surface area (Å²) in [5, 5.41) is 20.0. The fourth-order valence-corrected chi connectivity index (χ4v) is 5.14. The zero-order valence-corrected chi connectivity index (χ0v) is 18.2. The van der Waals surface area contributed by atoms with Crippen molar-refractivity contribution in [2.24, 2.45) is 0 Å². The van der Waals surface area contributed by atoms with E-state index in [4.69, 9.17) is 9.72 Å². The monoisotopic (exact) mass is 433 g/mol. The number of fused-ring (bicyclic) bond motifs is 1. The zero-order chi connectivity index (χ0) is 21.4. The lowest BCUT2D eigenvalue weighted by Crippen LogP contribution is -2.31. The van der Waals surface area contributed by atoms with Crippen LogP contribution < -0.4 is 10.1 Å². The van der Waals surface area contributed by atoms with Crippen LogP contribution in [0.15, 0.2) is 54.9 Å². The van der Waals surface area contributed by atoms with Gasteiger partial charge in [-0.15, -0.1) is 11.3 Å². The molecule has 5 rings (SSSR count). The van der Waals surface area contributed by atoms with Gasteiger partial charge in [0.2, 0.25) is 0 Å². The number of ether oxygens (including phenoxy) is 1. The third kappa shape index (κ3) is 3.58. The Labute approximate surface area is 184 Å². The third-order valence-corrected chi connectivity index (χ3v) is 6.60. The van der Waals surface area contributed by atoms with Gasteiger partial charge in [-0.1, -0.05) is 30.3 Å². The molecule has 8 heteroatoms. The number of anilines is 2. The van der Waals surface area contributed by atoms with Crippen LogP contribution in [0.25, 0.3) is 5.69 Å². The molecule has 2 aromatic heterocycles. The van der Waals surface area contributed by atoms with Crippen molar-refractivity contribution < 1.29 is 9.84 Å². The number of benzene rings is 2. The van der Waals surface area contributed by atoms with Gasteiger partial charge >= 0.3 is 0 Å². The Morgan fingerprint density at radius 2 is 2.03 bits per heavy atom. The molecule has 2 heterocycles. The second-order valence-corrected chi connectivity index (χ2v) is 8.70. The van der Waals surface area contributed by atoms with Gasteiger partial charge in [0.15, 0.2) is 5.13 Å². The Balaban J connectivity index is 1.45. The van der Waals surface area contributed by atoms with Crippen LogP contribution in [-0.4, -0.2) is 32.0 Å². The summed E-state index contributed by atoms with van der Waals surface area (Å²) in [6.07, 6.45) is 4.20. The van der Waals surface area contributed by atoms with Gasteiger partial charge in [-0.05, 0) is 43.9 Å². The van der Waals surface area contributed by atoms with Gasteiger partial charge in [-0.2, -0.15) is 5.10 Å². The molecule has 158 valence electrons. The summed E-state index contributed by atoms with van der Waals surface area (Å²) in [7, 11) is 1.63. The lowest BCUT2D eigenvalue weighted by molar-refractivity contribution is 0.0581. The Morgan fingerprint density at radius 1 is 1.19 bits per heavy atom. The van der Waals surface area contributed by atoms with Crippen molar-refractivity contribution in [2.45, 2.75) is 31.8 Å². The fourth-order valence-electron chi connectivity index (χ4n) is 4.05. The molecular weight excluding hydrogens is 410 g/mol. The highest BCUT2D eigenvalue weighted by molar-refractivity contribution is 7.15. The molecule has 0 radical (unpaired) electrons. The van der Waals surface area contributed by atoms with E-state index in [1.165, 1.54) is 0 Å². The minimum atomic E-state index is -1.04. The number of aliphatic hydroxyl groups is 1. The molecule has 1 aliphatic carbocycles. The third-order valence-electron chi connectivity index (χ3n) is 5.57. The molecule has 0 spiro atoms. The first-order valence-electron chi connectivity index (χ1n) is 10.2. The molecule has 0 bridgehead atoms. The Kier molecular flexibility index (Phi) is 4.95. The first-order chi connectivity index (χ1) is 15.1. The lowest BCUT2D eigenvalue weighted by Gasteiger charge is -2.31. The van der Waals surface area contributed by atoms with E-state index in [0.29, 0.717) is 18.0 Å². The van der Waals surface area contributed by atoms with Crippen molar-refractivity contribution >= 4 is 22.2 Å². The van der Waals surface area contributed by atoms with Gasteiger partial charge in [0, 0.05) is 16.6 Å². The number of aromatic nitrogens is 4. The number of aryl methyl sites for hydroxylation is 2. The van der Waals surface area contributed by atoms with E-state index in [1.54, 1.807) is 29.5 Å². The second kappa shape index (κ2) is 7.79. The minimum Gasteiger partial charge on any atom is -0.494 e. The van der Waals surface area contributed by atoms with Crippen LogP contribution in [0.2, 0.25) is 0 Å².